The number of carbonyl (C=O) groups is 2. The molecule has 1 fully saturated rings. The Hall–Kier alpha value is -0.970. The number of amides is 1. The lowest BCUT2D eigenvalue weighted by molar-refractivity contribution is -0.153. The predicted octanol–water partition coefficient (Wildman–Crippen LogP) is 3.13. The minimum Gasteiger partial charge on any atom is -0.455 e. The van der Waals surface area contributed by atoms with Gasteiger partial charge >= 0.3 is 5.97 Å². The van der Waals surface area contributed by atoms with Crippen LogP contribution in [0.4, 0.5) is 0 Å². The molecular formula is C15H16Cl3NO3. The van der Waals surface area contributed by atoms with E-state index < -0.39 is 15.7 Å². The SMILES string of the molecule is C[C@]1(C(=O)OCC(=O)NCCc2cccc(Cl)c2)CC1(Cl)Cl. The molecule has 120 valence electrons. The molecule has 1 atom stereocenters. The largest absolute Gasteiger partial charge is 0.455 e. The van der Waals surface area contributed by atoms with E-state index in [1.165, 1.54) is 0 Å². The van der Waals surface area contributed by atoms with Gasteiger partial charge in [-0.05, 0) is 31.0 Å². The molecule has 0 aromatic heterocycles. The molecule has 7 heteroatoms. The Morgan fingerprint density at radius 1 is 1.36 bits per heavy atom. The topological polar surface area (TPSA) is 55.4 Å². The first-order valence-electron chi connectivity index (χ1n) is 6.81. The predicted molar refractivity (Wildman–Crippen MR) is 86.3 cm³/mol. The average molecular weight is 365 g/mol. The van der Waals surface area contributed by atoms with Crippen LogP contribution in [-0.2, 0) is 20.7 Å². The molecular weight excluding hydrogens is 349 g/mol. The van der Waals surface area contributed by atoms with Crippen molar-refractivity contribution in [1.29, 1.82) is 0 Å². The smallest absolute Gasteiger partial charge is 0.315 e. The third-order valence-corrected chi connectivity index (χ3v) is 5.00. The van der Waals surface area contributed by atoms with Gasteiger partial charge in [0.05, 0.1) is 0 Å². The molecule has 0 unspecified atom stereocenters. The second-order valence-corrected chi connectivity index (χ2v) is 7.44. The van der Waals surface area contributed by atoms with Crippen molar-refractivity contribution >= 4 is 46.7 Å². The first-order chi connectivity index (χ1) is 10.2. The van der Waals surface area contributed by atoms with Gasteiger partial charge in [0.25, 0.3) is 5.91 Å². The van der Waals surface area contributed by atoms with Gasteiger partial charge in [-0.1, -0.05) is 23.7 Å². The van der Waals surface area contributed by atoms with Gasteiger partial charge in [-0.25, -0.2) is 0 Å². The summed E-state index contributed by atoms with van der Waals surface area (Å²) in [4.78, 5) is 23.4. The molecule has 0 radical (unpaired) electrons. The molecule has 0 saturated heterocycles. The van der Waals surface area contributed by atoms with E-state index in [9.17, 15) is 9.59 Å². The van der Waals surface area contributed by atoms with Gasteiger partial charge < -0.3 is 10.1 Å². The standard InChI is InChI=1S/C15H16Cl3NO3/c1-14(9-15(14,17)18)13(21)22-8-12(20)19-6-5-10-3-2-4-11(16)7-10/h2-4,7H,5-6,8-9H2,1H3,(H,19,20)/t14-/m1/s1. The molecule has 4 nitrogen and oxygen atoms in total. The highest BCUT2D eigenvalue weighted by atomic mass is 35.5. The zero-order chi connectivity index (χ0) is 16.4. The molecule has 0 bridgehead atoms. The van der Waals surface area contributed by atoms with Crippen molar-refractivity contribution in [3.05, 3.63) is 34.9 Å². The van der Waals surface area contributed by atoms with Gasteiger partial charge in [0.15, 0.2) is 6.61 Å². The quantitative estimate of drug-likeness (QED) is 0.623. The molecule has 0 aliphatic heterocycles. The third kappa shape index (κ3) is 4.06. The second kappa shape index (κ2) is 6.65. The van der Waals surface area contributed by atoms with Crippen LogP contribution >= 0.6 is 34.8 Å². The summed E-state index contributed by atoms with van der Waals surface area (Å²) in [5.74, 6) is -0.920. The molecule has 1 saturated carbocycles. The van der Waals surface area contributed by atoms with Crippen LogP contribution in [0, 0.1) is 5.41 Å². The average Bonchev–Trinajstić information content (AvgIpc) is 2.96. The van der Waals surface area contributed by atoms with Crippen molar-refractivity contribution in [2.24, 2.45) is 5.41 Å². The Kier molecular flexibility index (Phi) is 5.25. The van der Waals surface area contributed by atoms with E-state index >= 15 is 0 Å². The summed E-state index contributed by atoms with van der Waals surface area (Å²) in [6.45, 7) is 1.71. The zero-order valence-corrected chi connectivity index (χ0v) is 14.3. The molecule has 1 aliphatic rings. The summed E-state index contributed by atoms with van der Waals surface area (Å²) in [5.41, 5.74) is 0.0985. The molecule has 0 spiro atoms. The molecule has 22 heavy (non-hydrogen) atoms. The summed E-state index contributed by atoms with van der Waals surface area (Å²) in [5, 5.41) is 3.33. The van der Waals surface area contributed by atoms with Crippen LogP contribution in [0.25, 0.3) is 0 Å². The summed E-state index contributed by atoms with van der Waals surface area (Å²) >= 11 is 17.6. The van der Waals surface area contributed by atoms with Crippen LogP contribution in [0.3, 0.4) is 0 Å². The van der Waals surface area contributed by atoms with Gasteiger partial charge in [0, 0.05) is 18.0 Å². The highest BCUT2D eigenvalue weighted by Gasteiger charge is 2.69. The fourth-order valence-electron chi connectivity index (χ4n) is 2.00. The first-order valence-corrected chi connectivity index (χ1v) is 7.94. The Morgan fingerprint density at radius 3 is 2.64 bits per heavy atom. The van der Waals surface area contributed by atoms with Gasteiger partial charge in [-0.15, -0.1) is 23.2 Å². The third-order valence-electron chi connectivity index (χ3n) is 3.67. The van der Waals surface area contributed by atoms with Gasteiger partial charge in [-0.3, -0.25) is 9.59 Å². The zero-order valence-electron chi connectivity index (χ0n) is 12.0. The van der Waals surface area contributed by atoms with Crippen molar-refractivity contribution in [3.8, 4) is 0 Å². The van der Waals surface area contributed by atoms with Crippen LogP contribution in [-0.4, -0.2) is 29.4 Å². The van der Waals surface area contributed by atoms with E-state index in [-0.39, 0.29) is 12.5 Å². The Labute approximate surface area is 144 Å². The van der Waals surface area contributed by atoms with E-state index in [0.29, 0.717) is 24.4 Å². The van der Waals surface area contributed by atoms with E-state index in [4.69, 9.17) is 39.5 Å². The number of ether oxygens (including phenoxy) is 1. The Morgan fingerprint density at radius 2 is 2.05 bits per heavy atom. The number of benzene rings is 1. The van der Waals surface area contributed by atoms with Gasteiger partial charge in [-0.2, -0.15) is 0 Å². The number of esters is 1. The number of halogens is 3. The highest BCUT2D eigenvalue weighted by Crippen LogP contribution is 2.64. The molecule has 0 heterocycles. The van der Waals surface area contributed by atoms with E-state index in [0.717, 1.165) is 5.56 Å². The molecule has 1 aliphatic carbocycles. The monoisotopic (exact) mass is 363 g/mol. The maximum atomic E-state index is 11.8. The number of hydrogen-bond donors (Lipinski definition) is 1. The van der Waals surface area contributed by atoms with Crippen LogP contribution in [0.5, 0.6) is 0 Å². The number of rotatable bonds is 6. The van der Waals surface area contributed by atoms with Crippen molar-refractivity contribution in [2.45, 2.75) is 24.1 Å². The van der Waals surface area contributed by atoms with E-state index in [1.54, 1.807) is 13.0 Å². The number of carbonyl (C=O) groups excluding carboxylic acids is 2. The summed E-state index contributed by atoms with van der Waals surface area (Å²) < 4.78 is 3.86. The lowest BCUT2D eigenvalue weighted by Gasteiger charge is -2.11. The minimum atomic E-state index is -1.09. The van der Waals surface area contributed by atoms with E-state index in [1.807, 2.05) is 18.2 Å². The first kappa shape index (κ1) is 17.4. The molecule has 1 N–H and O–H groups in total. The fraction of sp³-hybridized carbons (Fsp3) is 0.467. The number of hydrogen-bond acceptors (Lipinski definition) is 3. The van der Waals surface area contributed by atoms with Crippen molar-refractivity contribution in [1.82, 2.24) is 5.32 Å². The van der Waals surface area contributed by atoms with Crippen LogP contribution in [0.2, 0.25) is 5.02 Å². The summed E-state index contributed by atoms with van der Waals surface area (Å²) in [6, 6.07) is 7.40. The minimum absolute atomic E-state index is 0.332. The molecule has 1 amide bonds. The maximum absolute atomic E-state index is 11.8. The second-order valence-electron chi connectivity index (χ2n) is 5.52. The Bertz CT molecular complexity index is 591. The molecule has 1 aromatic carbocycles. The van der Waals surface area contributed by atoms with Crippen LogP contribution in [0.1, 0.15) is 18.9 Å². The lowest BCUT2D eigenvalue weighted by Crippen LogP contribution is -2.32. The van der Waals surface area contributed by atoms with Crippen LogP contribution < -0.4 is 5.32 Å². The number of nitrogens with one attached hydrogen (secondary N) is 1. The molecule has 1 aromatic rings. The lowest BCUT2D eigenvalue weighted by atomic mass is 10.1. The summed E-state index contributed by atoms with van der Waals surface area (Å²) in [6.07, 6.45) is 0.975. The highest BCUT2D eigenvalue weighted by molar-refractivity contribution is 6.53. The van der Waals surface area contributed by atoms with Crippen molar-refractivity contribution < 1.29 is 14.3 Å². The van der Waals surface area contributed by atoms with Crippen molar-refractivity contribution in [3.63, 3.8) is 0 Å². The number of alkyl halides is 2. The van der Waals surface area contributed by atoms with Gasteiger partial charge in [0.1, 0.15) is 9.75 Å². The summed E-state index contributed by atoms with van der Waals surface area (Å²) in [7, 11) is 0. The maximum Gasteiger partial charge on any atom is 0.315 e. The fourth-order valence-corrected chi connectivity index (χ4v) is 2.90. The van der Waals surface area contributed by atoms with Gasteiger partial charge in [0.2, 0.25) is 0 Å². The normalized spacial score (nSPS) is 22.0. The Balaban J connectivity index is 1.67. The molecule has 2 rings (SSSR count). The van der Waals surface area contributed by atoms with Crippen molar-refractivity contribution in [2.75, 3.05) is 13.2 Å². The van der Waals surface area contributed by atoms with E-state index in [2.05, 4.69) is 5.32 Å². The van der Waals surface area contributed by atoms with Crippen LogP contribution in [0.15, 0.2) is 24.3 Å².